The number of pyridine rings is 1. The number of morpholine rings is 1. The molecule has 0 bridgehead atoms. The molecule has 1 saturated heterocycles. The second-order valence-corrected chi connectivity index (χ2v) is 7.03. The summed E-state index contributed by atoms with van der Waals surface area (Å²) < 4.78 is 19.4. The van der Waals surface area contributed by atoms with E-state index in [4.69, 9.17) is 16.3 Å². The zero-order valence-electron chi connectivity index (χ0n) is 15.6. The van der Waals surface area contributed by atoms with Crippen molar-refractivity contribution in [2.75, 3.05) is 36.5 Å². The van der Waals surface area contributed by atoms with E-state index in [0.717, 1.165) is 16.5 Å². The predicted octanol–water partition coefficient (Wildman–Crippen LogP) is 4.52. The number of carbonyl (C=O) groups excluding carboxylic acids is 1. The molecule has 5 nitrogen and oxygen atoms in total. The van der Waals surface area contributed by atoms with Gasteiger partial charge in [-0.25, -0.2) is 4.39 Å². The van der Waals surface area contributed by atoms with Gasteiger partial charge in [0.25, 0.3) is 0 Å². The quantitative estimate of drug-likeness (QED) is 0.641. The molecule has 29 heavy (non-hydrogen) atoms. The Morgan fingerprint density at radius 3 is 2.83 bits per heavy atom. The number of carbonyl (C=O) groups is 1. The Hall–Kier alpha value is -2.96. The average molecular weight is 412 g/mol. The molecule has 2 heterocycles. The van der Waals surface area contributed by atoms with Crippen LogP contribution in [0.1, 0.15) is 5.56 Å². The van der Waals surface area contributed by atoms with Crippen molar-refractivity contribution in [3.8, 4) is 0 Å². The van der Waals surface area contributed by atoms with Crippen molar-refractivity contribution in [1.29, 1.82) is 0 Å². The van der Waals surface area contributed by atoms with Crippen LogP contribution in [0.5, 0.6) is 0 Å². The first-order chi connectivity index (χ1) is 14.1. The van der Waals surface area contributed by atoms with E-state index in [9.17, 15) is 9.18 Å². The Morgan fingerprint density at radius 2 is 2.00 bits per heavy atom. The van der Waals surface area contributed by atoms with Gasteiger partial charge in [0, 0.05) is 36.8 Å². The maximum atomic E-state index is 14.1. The molecule has 0 aliphatic carbocycles. The summed E-state index contributed by atoms with van der Waals surface area (Å²) in [6, 6.07) is 12.3. The largest absolute Gasteiger partial charge is 0.378 e. The topological polar surface area (TPSA) is 54.5 Å². The molecule has 0 unspecified atom stereocenters. The van der Waals surface area contributed by atoms with Crippen molar-refractivity contribution in [3.63, 3.8) is 0 Å². The van der Waals surface area contributed by atoms with Gasteiger partial charge in [0.05, 0.1) is 35.1 Å². The van der Waals surface area contributed by atoms with Crippen molar-refractivity contribution in [2.45, 2.75) is 0 Å². The number of nitrogens with one attached hydrogen (secondary N) is 1. The molecule has 7 heteroatoms. The first kappa shape index (κ1) is 19.4. The lowest BCUT2D eigenvalue weighted by molar-refractivity contribution is -0.111. The number of rotatable bonds is 4. The van der Waals surface area contributed by atoms with Gasteiger partial charge in [-0.2, -0.15) is 0 Å². The number of amides is 1. The van der Waals surface area contributed by atoms with Gasteiger partial charge < -0.3 is 15.0 Å². The number of anilines is 2. The normalized spacial score (nSPS) is 14.5. The molecule has 1 fully saturated rings. The number of aromatic nitrogens is 1. The van der Waals surface area contributed by atoms with Crippen LogP contribution in [0.25, 0.3) is 17.0 Å². The molecule has 0 saturated carbocycles. The number of para-hydroxylation sites is 1. The molecule has 1 N–H and O–H groups in total. The maximum Gasteiger partial charge on any atom is 0.248 e. The Bertz CT molecular complexity index is 1080. The molecule has 1 amide bonds. The lowest BCUT2D eigenvalue weighted by Gasteiger charge is -2.30. The van der Waals surface area contributed by atoms with E-state index < -0.39 is 5.82 Å². The molecule has 3 aromatic rings. The van der Waals surface area contributed by atoms with Crippen LogP contribution in [0.4, 0.5) is 15.8 Å². The minimum atomic E-state index is -0.580. The van der Waals surface area contributed by atoms with E-state index in [1.807, 2.05) is 35.2 Å². The van der Waals surface area contributed by atoms with Gasteiger partial charge in [0.1, 0.15) is 5.82 Å². The predicted molar refractivity (Wildman–Crippen MR) is 114 cm³/mol. The number of benzene rings is 2. The number of hydrogen-bond acceptors (Lipinski definition) is 4. The van der Waals surface area contributed by atoms with E-state index >= 15 is 0 Å². The van der Waals surface area contributed by atoms with Gasteiger partial charge in [0.2, 0.25) is 5.91 Å². The van der Waals surface area contributed by atoms with Crippen LogP contribution in [-0.4, -0.2) is 37.2 Å². The molecular weight excluding hydrogens is 393 g/mol. The fourth-order valence-electron chi connectivity index (χ4n) is 3.31. The summed E-state index contributed by atoms with van der Waals surface area (Å²) in [4.78, 5) is 18.9. The highest BCUT2D eigenvalue weighted by Gasteiger charge is 2.18. The standard InChI is InChI=1S/C22H19ClFN3O2/c23-17-13-21(27-9-11-29-12-10-27)20(14-18(17)24)26-22(28)6-5-15-7-8-25-19-4-2-1-3-16(15)19/h1-8,13-14H,9-12H2,(H,26,28)/b6-5+. The fraction of sp³-hybridized carbons (Fsp3) is 0.182. The summed E-state index contributed by atoms with van der Waals surface area (Å²) in [7, 11) is 0. The lowest BCUT2D eigenvalue weighted by atomic mass is 10.1. The second kappa shape index (κ2) is 8.59. The molecule has 4 rings (SSSR count). The molecule has 1 aromatic heterocycles. The summed E-state index contributed by atoms with van der Waals surface area (Å²) in [6.07, 6.45) is 4.85. The maximum absolute atomic E-state index is 14.1. The van der Waals surface area contributed by atoms with Crippen LogP contribution in [0.15, 0.2) is 54.7 Å². The number of hydrogen-bond donors (Lipinski definition) is 1. The molecule has 0 radical (unpaired) electrons. The van der Waals surface area contributed by atoms with E-state index in [0.29, 0.717) is 37.7 Å². The Balaban J connectivity index is 1.58. The number of nitrogens with zero attached hydrogens (tertiary/aromatic N) is 2. The van der Waals surface area contributed by atoms with E-state index in [1.54, 1.807) is 12.3 Å². The SMILES string of the molecule is O=C(/C=C/c1ccnc2ccccc12)Nc1cc(F)c(Cl)cc1N1CCOCC1. The average Bonchev–Trinajstić information content (AvgIpc) is 2.75. The van der Waals surface area contributed by atoms with Crippen molar-refractivity contribution in [3.05, 3.63) is 71.1 Å². The summed E-state index contributed by atoms with van der Waals surface area (Å²) in [6.45, 7) is 2.42. The minimum absolute atomic E-state index is 0.0169. The van der Waals surface area contributed by atoms with Gasteiger partial charge >= 0.3 is 0 Å². The lowest BCUT2D eigenvalue weighted by Crippen LogP contribution is -2.36. The fourth-order valence-corrected chi connectivity index (χ4v) is 3.46. The molecule has 2 aromatic carbocycles. The van der Waals surface area contributed by atoms with Gasteiger partial charge in [-0.3, -0.25) is 9.78 Å². The van der Waals surface area contributed by atoms with Crippen molar-refractivity contribution >= 4 is 45.9 Å². The van der Waals surface area contributed by atoms with Crippen LogP contribution in [0.2, 0.25) is 5.02 Å². The summed E-state index contributed by atoms with van der Waals surface area (Å²) >= 11 is 5.97. The van der Waals surface area contributed by atoms with Gasteiger partial charge in [0.15, 0.2) is 0 Å². The molecule has 1 aliphatic heterocycles. The number of fused-ring (bicyclic) bond motifs is 1. The molecule has 0 spiro atoms. The molecule has 1 aliphatic rings. The second-order valence-electron chi connectivity index (χ2n) is 6.62. The number of halogens is 2. The van der Waals surface area contributed by atoms with E-state index in [1.165, 1.54) is 18.2 Å². The number of ether oxygens (including phenoxy) is 1. The highest BCUT2D eigenvalue weighted by molar-refractivity contribution is 6.31. The Morgan fingerprint density at radius 1 is 1.21 bits per heavy atom. The van der Waals surface area contributed by atoms with Crippen LogP contribution >= 0.6 is 11.6 Å². The first-order valence-electron chi connectivity index (χ1n) is 9.26. The van der Waals surface area contributed by atoms with Crippen molar-refractivity contribution < 1.29 is 13.9 Å². The van der Waals surface area contributed by atoms with Crippen molar-refractivity contribution in [2.24, 2.45) is 0 Å². The van der Waals surface area contributed by atoms with Gasteiger partial charge in [-0.15, -0.1) is 0 Å². The zero-order chi connectivity index (χ0) is 20.2. The van der Waals surface area contributed by atoms with E-state index in [-0.39, 0.29) is 10.9 Å². The highest BCUT2D eigenvalue weighted by atomic mass is 35.5. The monoisotopic (exact) mass is 411 g/mol. The summed E-state index contributed by atoms with van der Waals surface area (Å²) in [5.41, 5.74) is 2.78. The first-order valence-corrected chi connectivity index (χ1v) is 9.64. The van der Waals surface area contributed by atoms with Crippen molar-refractivity contribution in [1.82, 2.24) is 4.98 Å². The summed E-state index contributed by atoms with van der Waals surface area (Å²) in [5, 5.41) is 3.74. The Kier molecular flexibility index (Phi) is 5.74. The van der Waals surface area contributed by atoms with Crippen LogP contribution in [0.3, 0.4) is 0 Å². The van der Waals surface area contributed by atoms with E-state index in [2.05, 4.69) is 10.3 Å². The third kappa shape index (κ3) is 4.39. The highest BCUT2D eigenvalue weighted by Crippen LogP contribution is 2.32. The summed E-state index contributed by atoms with van der Waals surface area (Å²) in [5.74, 6) is -0.940. The van der Waals surface area contributed by atoms with Gasteiger partial charge in [-0.1, -0.05) is 29.8 Å². The van der Waals surface area contributed by atoms with Crippen LogP contribution in [0, 0.1) is 5.82 Å². The molecule has 148 valence electrons. The smallest absolute Gasteiger partial charge is 0.248 e. The minimum Gasteiger partial charge on any atom is -0.378 e. The third-order valence-corrected chi connectivity index (χ3v) is 5.03. The van der Waals surface area contributed by atoms with Crippen LogP contribution in [-0.2, 0) is 9.53 Å². The zero-order valence-corrected chi connectivity index (χ0v) is 16.3. The molecule has 0 atom stereocenters. The Labute approximate surface area is 172 Å². The third-order valence-electron chi connectivity index (χ3n) is 4.75. The van der Waals surface area contributed by atoms with Crippen LogP contribution < -0.4 is 10.2 Å². The van der Waals surface area contributed by atoms with Gasteiger partial charge in [-0.05, 0) is 29.8 Å². The molecular formula is C22H19ClFN3O2.